The minimum Gasteiger partial charge on any atom is -0.457 e. The average Bonchev–Trinajstić information content (AvgIpc) is 3.01. The summed E-state index contributed by atoms with van der Waals surface area (Å²) in [6.45, 7) is 2.95. The van der Waals surface area contributed by atoms with Crippen LogP contribution >= 0.6 is 0 Å². The Morgan fingerprint density at radius 3 is 2.75 bits per heavy atom. The number of nitrogen functional groups attached to an aromatic ring is 1. The Morgan fingerprint density at radius 2 is 1.96 bits per heavy atom. The third kappa shape index (κ3) is 3.39. The number of furan rings is 1. The van der Waals surface area contributed by atoms with Gasteiger partial charge in [-0.15, -0.1) is 0 Å². The first-order chi connectivity index (χ1) is 11.7. The maximum atomic E-state index is 6.14. The number of benzene rings is 1. The summed E-state index contributed by atoms with van der Waals surface area (Å²) in [5.41, 5.74) is 14.8. The summed E-state index contributed by atoms with van der Waals surface area (Å²) in [7, 11) is 0. The van der Waals surface area contributed by atoms with E-state index in [-0.39, 0.29) is 0 Å². The molecule has 4 nitrogen and oxygen atoms in total. The number of fused-ring (bicyclic) bond motifs is 3. The number of aryl methyl sites for hydroxylation is 2. The summed E-state index contributed by atoms with van der Waals surface area (Å²) in [6, 6.07) is 8.46. The van der Waals surface area contributed by atoms with E-state index in [9.17, 15) is 0 Å². The molecule has 2 aromatic heterocycles. The number of hydrogen-bond donors (Lipinski definition) is 2. The third-order valence-electron chi connectivity index (χ3n) is 4.58. The van der Waals surface area contributed by atoms with Crippen LogP contribution in [0.2, 0.25) is 0 Å². The van der Waals surface area contributed by atoms with Gasteiger partial charge in [0.2, 0.25) is 0 Å². The van der Waals surface area contributed by atoms with Gasteiger partial charge in [0.25, 0.3) is 0 Å². The molecule has 0 saturated carbocycles. The van der Waals surface area contributed by atoms with Crippen LogP contribution in [0.1, 0.15) is 50.4 Å². The van der Waals surface area contributed by atoms with Crippen molar-refractivity contribution in [2.45, 2.75) is 51.9 Å². The van der Waals surface area contributed by atoms with E-state index in [0.717, 1.165) is 73.7 Å². The molecule has 4 N–H and O–H groups in total. The van der Waals surface area contributed by atoms with Crippen LogP contribution in [0.5, 0.6) is 0 Å². The number of pyridine rings is 1. The van der Waals surface area contributed by atoms with E-state index >= 15 is 0 Å². The van der Waals surface area contributed by atoms with Gasteiger partial charge in [0, 0.05) is 17.2 Å². The number of hydrogen-bond acceptors (Lipinski definition) is 4. The van der Waals surface area contributed by atoms with E-state index in [1.54, 1.807) is 0 Å². The fourth-order valence-corrected chi connectivity index (χ4v) is 3.31. The van der Waals surface area contributed by atoms with Gasteiger partial charge in [0.1, 0.15) is 5.76 Å². The second kappa shape index (κ2) is 7.67. The van der Waals surface area contributed by atoms with Crippen LogP contribution in [0.4, 0.5) is 5.82 Å². The number of anilines is 1. The second-order valence-electron chi connectivity index (χ2n) is 6.47. The van der Waals surface area contributed by atoms with Crippen molar-refractivity contribution in [3.05, 3.63) is 35.6 Å². The zero-order valence-electron chi connectivity index (χ0n) is 14.5. The first-order valence-corrected chi connectivity index (χ1v) is 9.04. The molecule has 3 aromatic rings. The Hall–Kier alpha value is -2.07. The van der Waals surface area contributed by atoms with Crippen molar-refractivity contribution in [2.75, 3.05) is 12.3 Å². The Labute approximate surface area is 143 Å². The molecule has 3 rings (SSSR count). The highest BCUT2D eigenvalue weighted by molar-refractivity contribution is 6.09. The van der Waals surface area contributed by atoms with Gasteiger partial charge in [-0.2, -0.15) is 0 Å². The number of nitrogens with zero attached hydrogens (tertiary/aromatic N) is 1. The van der Waals surface area contributed by atoms with Crippen molar-refractivity contribution in [3.8, 4) is 0 Å². The first-order valence-electron chi connectivity index (χ1n) is 9.04. The lowest BCUT2D eigenvalue weighted by Gasteiger charge is -2.08. The number of rotatable bonds is 8. The fraction of sp³-hybridized carbons (Fsp3) is 0.450. The van der Waals surface area contributed by atoms with E-state index in [1.165, 1.54) is 10.9 Å². The van der Waals surface area contributed by atoms with E-state index in [2.05, 4.69) is 30.1 Å². The predicted molar refractivity (Wildman–Crippen MR) is 101 cm³/mol. The van der Waals surface area contributed by atoms with E-state index in [4.69, 9.17) is 15.9 Å². The lowest BCUT2D eigenvalue weighted by Crippen LogP contribution is -1.99. The van der Waals surface area contributed by atoms with E-state index in [1.807, 2.05) is 6.07 Å². The van der Waals surface area contributed by atoms with Crippen LogP contribution < -0.4 is 11.5 Å². The zero-order chi connectivity index (χ0) is 16.9. The molecule has 0 atom stereocenters. The van der Waals surface area contributed by atoms with Gasteiger partial charge in [-0.25, -0.2) is 4.98 Å². The highest BCUT2D eigenvalue weighted by Crippen LogP contribution is 2.33. The molecule has 0 aliphatic carbocycles. The molecule has 2 heterocycles. The normalized spacial score (nSPS) is 11.6. The molecule has 0 spiro atoms. The zero-order valence-corrected chi connectivity index (χ0v) is 14.5. The fourth-order valence-electron chi connectivity index (χ4n) is 3.31. The topological polar surface area (TPSA) is 78.1 Å². The lowest BCUT2D eigenvalue weighted by atomic mass is 9.99. The quantitative estimate of drug-likeness (QED) is 0.594. The Bertz CT molecular complexity index is 822. The summed E-state index contributed by atoms with van der Waals surface area (Å²) < 4.78 is 6.00. The van der Waals surface area contributed by atoms with Gasteiger partial charge in [0.15, 0.2) is 11.4 Å². The minimum absolute atomic E-state index is 0.487. The Balaban J connectivity index is 2.04. The molecule has 0 unspecified atom stereocenters. The van der Waals surface area contributed by atoms with Gasteiger partial charge < -0.3 is 15.9 Å². The van der Waals surface area contributed by atoms with Crippen molar-refractivity contribution < 1.29 is 4.42 Å². The summed E-state index contributed by atoms with van der Waals surface area (Å²) in [6.07, 6.45) is 7.64. The van der Waals surface area contributed by atoms with Crippen molar-refractivity contribution in [1.29, 1.82) is 0 Å². The highest BCUT2D eigenvalue weighted by Gasteiger charge is 2.14. The SMILES string of the molecule is CCCCc1cc2c(o1)c(N)nc1cccc(CCCCCN)c12. The molecule has 0 amide bonds. The lowest BCUT2D eigenvalue weighted by molar-refractivity contribution is 0.537. The van der Waals surface area contributed by atoms with Gasteiger partial charge in [-0.1, -0.05) is 31.9 Å². The van der Waals surface area contributed by atoms with Gasteiger partial charge in [-0.3, -0.25) is 0 Å². The van der Waals surface area contributed by atoms with E-state index < -0.39 is 0 Å². The molecule has 24 heavy (non-hydrogen) atoms. The van der Waals surface area contributed by atoms with Crippen LogP contribution in [0, 0.1) is 0 Å². The van der Waals surface area contributed by atoms with E-state index in [0.29, 0.717) is 5.82 Å². The Kier molecular flexibility index (Phi) is 5.36. The first kappa shape index (κ1) is 16.8. The molecule has 0 bridgehead atoms. The summed E-state index contributed by atoms with van der Waals surface area (Å²) in [5.74, 6) is 1.49. The summed E-state index contributed by atoms with van der Waals surface area (Å²) in [4.78, 5) is 4.57. The average molecular weight is 325 g/mol. The van der Waals surface area contributed by atoms with Crippen LogP contribution in [-0.4, -0.2) is 11.5 Å². The summed E-state index contributed by atoms with van der Waals surface area (Å²) in [5, 5.41) is 2.30. The van der Waals surface area contributed by atoms with Crippen LogP contribution in [-0.2, 0) is 12.8 Å². The van der Waals surface area contributed by atoms with Gasteiger partial charge in [-0.05, 0) is 49.9 Å². The van der Waals surface area contributed by atoms with Crippen LogP contribution in [0.3, 0.4) is 0 Å². The second-order valence-corrected chi connectivity index (χ2v) is 6.47. The molecule has 0 saturated heterocycles. The van der Waals surface area contributed by atoms with Gasteiger partial charge >= 0.3 is 0 Å². The van der Waals surface area contributed by atoms with Crippen molar-refractivity contribution in [2.24, 2.45) is 5.73 Å². The van der Waals surface area contributed by atoms with Crippen molar-refractivity contribution in [1.82, 2.24) is 4.98 Å². The largest absolute Gasteiger partial charge is 0.457 e. The minimum atomic E-state index is 0.487. The third-order valence-corrected chi connectivity index (χ3v) is 4.58. The Morgan fingerprint density at radius 1 is 1.08 bits per heavy atom. The van der Waals surface area contributed by atoms with Crippen molar-refractivity contribution >= 4 is 27.7 Å². The van der Waals surface area contributed by atoms with Crippen molar-refractivity contribution in [3.63, 3.8) is 0 Å². The maximum absolute atomic E-state index is 6.14. The molecule has 0 radical (unpaired) electrons. The summed E-state index contributed by atoms with van der Waals surface area (Å²) >= 11 is 0. The monoisotopic (exact) mass is 325 g/mol. The van der Waals surface area contributed by atoms with Crippen LogP contribution in [0.25, 0.3) is 21.9 Å². The predicted octanol–water partition coefficient (Wildman–Crippen LogP) is 4.58. The number of nitrogens with two attached hydrogens (primary N) is 2. The molecular weight excluding hydrogens is 298 g/mol. The highest BCUT2D eigenvalue weighted by atomic mass is 16.3. The number of aromatic nitrogens is 1. The van der Waals surface area contributed by atoms with Crippen LogP contribution in [0.15, 0.2) is 28.7 Å². The molecule has 4 heteroatoms. The molecule has 0 aliphatic rings. The number of unbranched alkanes of at least 4 members (excludes halogenated alkanes) is 3. The smallest absolute Gasteiger partial charge is 0.176 e. The molecule has 0 fully saturated rings. The van der Waals surface area contributed by atoms with Gasteiger partial charge in [0.05, 0.1) is 5.52 Å². The standard InChI is InChI=1S/C20H27N3O/c1-2-3-10-15-13-16-18-14(8-5-4-6-12-21)9-7-11-17(18)23-20(22)19(16)24-15/h7,9,11,13H,2-6,8,10,12,21H2,1H3,(H2,22,23). The maximum Gasteiger partial charge on any atom is 0.176 e. The molecule has 0 aliphatic heterocycles. The molecular formula is C20H27N3O. The molecule has 128 valence electrons. The molecule has 1 aromatic carbocycles.